The molecule has 0 heterocycles. The van der Waals surface area contributed by atoms with Gasteiger partial charge in [-0.25, -0.2) is 0 Å². The monoisotopic (exact) mass is 229 g/mol. The van der Waals surface area contributed by atoms with Crippen LogP contribution in [-0.2, 0) is 33.1 Å². The van der Waals surface area contributed by atoms with Crippen molar-refractivity contribution in [1.82, 2.24) is 0 Å². The molecular formula is AgNiS2. The van der Waals surface area contributed by atoms with Gasteiger partial charge in [0.2, 0.25) is 0 Å². The number of hydrogen-bond acceptors (Lipinski definition) is 2. The Morgan fingerprint density at radius 3 is 1.25 bits per heavy atom. The fraction of sp³-hybridized carbons (Fsp3) is 0. The molecule has 0 aliphatic heterocycles. The van der Waals surface area contributed by atoms with E-state index in [1.54, 1.807) is 0 Å². The van der Waals surface area contributed by atoms with Crippen LogP contribution < -0.4 is 0 Å². The third kappa shape index (κ3) is 9.37. The maximum atomic E-state index is 3.89. The molecule has 0 spiro atoms. The summed E-state index contributed by atoms with van der Waals surface area (Å²) in [6, 6.07) is 0. The molecule has 0 aliphatic rings. The van der Waals surface area contributed by atoms with Crippen molar-refractivity contribution in [2.24, 2.45) is 0 Å². The molecule has 0 saturated carbocycles. The number of hydrogen-bond donors (Lipinski definition) is 0. The Bertz CT molecular complexity index is 8.00. The van der Waals surface area contributed by atoms with Gasteiger partial charge in [-0.1, -0.05) is 0 Å². The quantitative estimate of drug-likeness (QED) is 0.576. The van der Waals surface area contributed by atoms with Crippen molar-refractivity contribution in [3.63, 3.8) is 0 Å². The summed E-state index contributed by atoms with van der Waals surface area (Å²) in [7, 11) is 7.60. The van der Waals surface area contributed by atoms with E-state index in [4.69, 9.17) is 0 Å². The van der Waals surface area contributed by atoms with Gasteiger partial charge in [0.15, 0.2) is 0 Å². The molecule has 0 radical (unpaired) electrons. The summed E-state index contributed by atoms with van der Waals surface area (Å²) in [5.41, 5.74) is 0. The fourth-order valence-corrected chi connectivity index (χ4v) is 0. The average Bonchev–Trinajstić information content (AvgIpc) is 1.50. The Kier molecular flexibility index (Phi) is 51.7. The van der Waals surface area contributed by atoms with E-state index in [1.807, 2.05) is 0 Å². The minimum atomic E-state index is 2.53. The van der Waals surface area contributed by atoms with Crippen LogP contribution >= 0.6 is 20.2 Å². The average molecular weight is 231 g/mol. The van der Waals surface area contributed by atoms with E-state index in [-0.39, 0.29) is 0 Å². The SMILES string of the molecule is [S]=[Ag].[S]=[Ni]. The number of rotatable bonds is 0. The van der Waals surface area contributed by atoms with Crippen molar-refractivity contribution >= 4 is 20.2 Å². The van der Waals surface area contributed by atoms with Crippen LogP contribution in [0.2, 0.25) is 0 Å². The zero-order valence-corrected chi connectivity index (χ0v) is 5.54. The van der Waals surface area contributed by atoms with E-state index < -0.39 is 0 Å². The first-order chi connectivity index (χ1) is 2.00. The second kappa shape index (κ2) is 22.5. The molecule has 4 heteroatoms. The summed E-state index contributed by atoms with van der Waals surface area (Å²) in [6.07, 6.45) is 0. The molecule has 0 nitrogen and oxygen atoms in total. The van der Waals surface area contributed by atoms with Crippen LogP contribution in [0.15, 0.2) is 0 Å². The van der Waals surface area contributed by atoms with Gasteiger partial charge in [-0.2, -0.15) is 0 Å². The zero-order valence-electron chi connectivity index (χ0n) is 1.43. The van der Waals surface area contributed by atoms with Crippen molar-refractivity contribution in [3.05, 3.63) is 0 Å². The predicted octanol–water partition coefficient (Wildman–Crippen LogP) is 1.29. The predicted molar refractivity (Wildman–Crippen MR) is 15.2 cm³/mol. The maximum absolute atomic E-state index is 3.89. The summed E-state index contributed by atoms with van der Waals surface area (Å²) >= 11 is 5.99. The van der Waals surface area contributed by atoms with Crippen molar-refractivity contribution < 1.29 is 33.1 Å². The summed E-state index contributed by atoms with van der Waals surface area (Å²) in [4.78, 5) is 0. The third-order valence-corrected chi connectivity index (χ3v) is 0. The van der Waals surface area contributed by atoms with E-state index in [2.05, 4.69) is 53.3 Å². The molecule has 0 bridgehead atoms. The van der Waals surface area contributed by atoms with Crippen molar-refractivity contribution in [3.8, 4) is 0 Å². The molecular weight excluding hydrogens is 231 g/mol. The molecule has 4 heavy (non-hydrogen) atoms. The fourth-order valence-electron chi connectivity index (χ4n) is 0. The van der Waals surface area contributed by atoms with Gasteiger partial charge in [-0.05, 0) is 0 Å². The second-order valence-corrected chi connectivity index (χ2v) is 0. The van der Waals surface area contributed by atoms with Gasteiger partial charge < -0.3 is 0 Å². The van der Waals surface area contributed by atoms with Gasteiger partial charge in [-0.15, -0.1) is 0 Å². The first-order valence-electron chi connectivity index (χ1n) is 0.252. The Balaban J connectivity index is 0. The van der Waals surface area contributed by atoms with Gasteiger partial charge in [-0.3, -0.25) is 0 Å². The molecule has 0 rings (SSSR count). The molecule has 0 N–H and O–H groups in total. The van der Waals surface area contributed by atoms with Crippen molar-refractivity contribution in [2.45, 2.75) is 0 Å². The molecule has 0 aromatic heterocycles. The van der Waals surface area contributed by atoms with Crippen LogP contribution in [0.3, 0.4) is 0 Å². The van der Waals surface area contributed by atoms with Gasteiger partial charge in [0.1, 0.15) is 0 Å². The second-order valence-electron chi connectivity index (χ2n) is 0. The van der Waals surface area contributed by atoms with Crippen LogP contribution in [0.4, 0.5) is 0 Å². The van der Waals surface area contributed by atoms with E-state index in [9.17, 15) is 0 Å². The molecule has 0 aromatic carbocycles. The van der Waals surface area contributed by atoms with Crippen LogP contribution in [0.1, 0.15) is 0 Å². The zero-order chi connectivity index (χ0) is 4.00. The van der Waals surface area contributed by atoms with Crippen LogP contribution in [0.5, 0.6) is 0 Å². The summed E-state index contributed by atoms with van der Waals surface area (Å²) in [5, 5.41) is 0. The molecule has 0 amide bonds. The standard InChI is InChI=1S/Ag.Ni.2S. The van der Waals surface area contributed by atoms with Gasteiger partial charge >= 0.3 is 53.3 Å². The Morgan fingerprint density at radius 2 is 1.25 bits per heavy atom. The van der Waals surface area contributed by atoms with E-state index in [0.29, 0.717) is 0 Å². The molecule has 0 aromatic rings. The van der Waals surface area contributed by atoms with Crippen LogP contribution in [-0.4, -0.2) is 0 Å². The molecule has 0 fully saturated rings. The third-order valence-electron chi connectivity index (χ3n) is 0. The normalized spacial score (nSPS) is 3.00. The van der Waals surface area contributed by atoms with Crippen molar-refractivity contribution in [1.29, 1.82) is 0 Å². The summed E-state index contributed by atoms with van der Waals surface area (Å²) in [6.45, 7) is 0. The first kappa shape index (κ1) is 9.18. The van der Waals surface area contributed by atoms with Crippen LogP contribution in [0, 0.1) is 0 Å². The summed E-state index contributed by atoms with van der Waals surface area (Å²) < 4.78 is 0. The molecule has 33 valence electrons. The van der Waals surface area contributed by atoms with Gasteiger partial charge in [0, 0.05) is 0 Å². The first-order valence-corrected chi connectivity index (χ1v) is 3.78. The molecule has 0 aliphatic carbocycles. The molecule has 0 atom stereocenters. The van der Waals surface area contributed by atoms with E-state index in [1.165, 1.54) is 0 Å². The Morgan fingerprint density at radius 1 is 1.25 bits per heavy atom. The molecule has 0 unspecified atom stereocenters. The van der Waals surface area contributed by atoms with Gasteiger partial charge in [0.25, 0.3) is 0 Å². The van der Waals surface area contributed by atoms with Crippen molar-refractivity contribution in [2.75, 3.05) is 0 Å². The van der Waals surface area contributed by atoms with Gasteiger partial charge in [0.05, 0.1) is 0 Å². The summed E-state index contributed by atoms with van der Waals surface area (Å²) in [5.74, 6) is 0. The minimum absolute atomic E-state index is 2.53. The van der Waals surface area contributed by atoms with Crippen LogP contribution in [0.25, 0.3) is 0 Å². The topological polar surface area (TPSA) is 0 Å². The van der Waals surface area contributed by atoms with E-state index >= 15 is 0 Å². The van der Waals surface area contributed by atoms with E-state index in [0.717, 1.165) is 0 Å². The molecule has 0 saturated heterocycles. The Labute approximate surface area is 52.9 Å². The Hall–Kier alpha value is 1.67.